The molecule has 0 atom stereocenters. The summed E-state index contributed by atoms with van der Waals surface area (Å²) in [6, 6.07) is 9.29. The number of nitrogens with two attached hydrogens (primary N) is 1. The van der Waals surface area contributed by atoms with E-state index in [1.165, 1.54) is 6.92 Å². The zero-order valence-electron chi connectivity index (χ0n) is 14.0. The molecule has 0 aliphatic heterocycles. The maximum Gasteiger partial charge on any atom is 0.308 e. The molecule has 7 nitrogen and oxygen atoms in total. The van der Waals surface area contributed by atoms with Crippen LogP contribution in [0.1, 0.15) is 23.7 Å². The molecule has 3 N–H and O–H groups in total. The molecule has 4 rings (SSSR count). The maximum absolute atomic E-state index is 11.5. The number of carbonyl (C=O) groups excluding carboxylic acids is 1. The average molecular weight is 345 g/mol. The number of para-hydroxylation sites is 1. The molecule has 2 aromatic heterocycles. The molecule has 0 spiro atoms. The number of fused-ring (bicyclic) bond motifs is 3. The van der Waals surface area contributed by atoms with Crippen molar-refractivity contribution in [2.45, 2.75) is 19.8 Å². The van der Waals surface area contributed by atoms with E-state index in [4.69, 9.17) is 10.5 Å². The molecular formula is C19H15N5O2. The number of rotatable bonds is 2. The zero-order chi connectivity index (χ0) is 18.3. The predicted molar refractivity (Wildman–Crippen MR) is 95.1 cm³/mol. The summed E-state index contributed by atoms with van der Waals surface area (Å²) in [4.78, 5) is 16.0. The fourth-order valence-electron chi connectivity index (χ4n) is 3.39. The van der Waals surface area contributed by atoms with Crippen LogP contribution < -0.4 is 10.5 Å². The minimum absolute atomic E-state index is 0.146. The summed E-state index contributed by atoms with van der Waals surface area (Å²) in [7, 11) is 0. The number of ether oxygens (including phenoxy) is 1. The van der Waals surface area contributed by atoms with E-state index in [-0.39, 0.29) is 11.4 Å². The molecule has 0 amide bonds. The number of hydrogen-bond donors (Lipinski definition) is 2. The minimum atomic E-state index is -0.427. The fourth-order valence-corrected chi connectivity index (χ4v) is 3.39. The Morgan fingerprint density at radius 1 is 1.31 bits per heavy atom. The van der Waals surface area contributed by atoms with Crippen molar-refractivity contribution in [1.29, 1.82) is 5.26 Å². The van der Waals surface area contributed by atoms with Crippen LogP contribution in [0.4, 0.5) is 5.82 Å². The highest BCUT2D eigenvalue weighted by Crippen LogP contribution is 2.43. The molecule has 0 unspecified atom stereocenters. The molecule has 3 aromatic rings. The van der Waals surface area contributed by atoms with Gasteiger partial charge in [0, 0.05) is 29.3 Å². The Labute approximate surface area is 149 Å². The summed E-state index contributed by atoms with van der Waals surface area (Å²) >= 11 is 0. The van der Waals surface area contributed by atoms with Gasteiger partial charge in [-0.15, -0.1) is 0 Å². The van der Waals surface area contributed by atoms with Gasteiger partial charge in [0.15, 0.2) is 0 Å². The van der Waals surface area contributed by atoms with Crippen LogP contribution in [0.25, 0.3) is 22.4 Å². The number of H-pyrrole nitrogens is 1. The van der Waals surface area contributed by atoms with Crippen LogP contribution in [-0.2, 0) is 17.6 Å². The van der Waals surface area contributed by atoms with E-state index in [2.05, 4.69) is 21.3 Å². The quantitative estimate of drug-likeness (QED) is 0.544. The number of nitrogens with one attached hydrogen (secondary N) is 1. The van der Waals surface area contributed by atoms with Crippen molar-refractivity contribution in [3.63, 3.8) is 0 Å². The number of benzene rings is 1. The van der Waals surface area contributed by atoms with Crippen LogP contribution in [0.15, 0.2) is 30.5 Å². The first-order valence-electron chi connectivity index (χ1n) is 8.13. The van der Waals surface area contributed by atoms with E-state index in [0.717, 1.165) is 23.2 Å². The molecule has 0 saturated carbocycles. The smallest absolute Gasteiger partial charge is 0.308 e. The molecule has 7 heteroatoms. The lowest BCUT2D eigenvalue weighted by Gasteiger charge is -2.22. The van der Waals surface area contributed by atoms with Crippen LogP contribution in [-0.4, -0.2) is 21.2 Å². The Hall–Kier alpha value is -3.66. The van der Waals surface area contributed by atoms with Crippen LogP contribution in [0.3, 0.4) is 0 Å². The number of aromatic nitrogens is 3. The summed E-state index contributed by atoms with van der Waals surface area (Å²) in [6.45, 7) is 1.34. The van der Waals surface area contributed by atoms with Gasteiger partial charge in [0.25, 0.3) is 0 Å². The van der Waals surface area contributed by atoms with E-state index in [9.17, 15) is 10.1 Å². The summed E-state index contributed by atoms with van der Waals surface area (Å²) in [5.41, 5.74) is 11.2. The van der Waals surface area contributed by atoms with Crippen LogP contribution >= 0.6 is 0 Å². The first-order valence-corrected chi connectivity index (χ1v) is 8.13. The largest absolute Gasteiger partial charge is 0.426 e. The van der Waals surface area contributed by atoms with Gasteiger partial charge in [-0.25, -0.2) is 4.98 Å². The highest BCUT2D eigenvalue weighted by molar-refractivity contribution is 5.89. The Balaban J connectivity index is 2.05. The number of aromatic amines is 1. The molecule has 0 saturated heterocycles. The number of nitriles is 1. The lowest BCUT2D eigenvalue weighted by Crippen LogP contribution is -2.12. The van der Waals surface area contributed by atoms with E-state index >= 15 is 0 Å². The number of nitrogens with zero attached hydrogens (tertiary/aromatic N) is 3. The molecule has 1 aliphatic rings. The van der Waals surface area contributed by atoms with Crippen molar-refractivity contribution in [3.8, 4) is 34.2 Å². The number of carbonyl (C=O) groups is 1. The fraction of sp³-hybridized carbons (Fsp3) is 0.158. The van der Waals surface area contributed by atoms with E-state index < -0.39 is 5.97 Å². The zero-order valence-corrected chi connectivity index (χ0v) is 14.0. The SMILES string of the molecule is CC(=O)Oc1ccccc1-c1c(C#N)c(N)nc2c1CCc1[nH]ncc1-2. The first-order chi connectivity index (χ1) is 12.6. The molecular weight excluding hydrogens is 330 g/mol. The van der Waals surface area contributed by atoms with Gasteiger partial charge in [0.05, 0.1) is 11.9 Å². The van der Waals surface area contributed by atoms with Gasteiger partial charge in [-0.05, 0) is 24.5 Å². The van der Waals surface area contributed by atoms with Crippen LogP contribution in [0.2, 0.25) is 0 Å². The molecule has 1 aliphatic carbocycles. The van der Waals surface area contributed by atoms with Crippen molar-refractivity contribution in [1.82, 2.24) is 15.2 Å². The van der Waals surface area contributed by atoms with Crippen LogP contribution in [0.5, 0.6) is 5.75 Å². The summed E-state index contributed by atoms with van der Waals surface area (Å²) in [5, 5.41) is 16.8. The van der Waals surface area contributed by atoms with Gasteiger partial charge in [0.2, 0.25) is 0 Å². The highest BCUT2D eigenvalue weighted by Gasteiger charge is 2.27. The van der Waals surface area contributed by atoms with Crippen LogP contribution in [0, 0.1) is 11.3 Å². The predicted octanol–water partition coefficient (Wildman–Crippen LogP) is 2.62. The van der Waals surface area contributed by atoms with Crippen molar-refractivity contribution in [3.05, 3.63) is 47.3 Å². The third-order valence-electron chi connectivity index (χ3n) is 4.45. The molecule has 0 fully saturated rings. The Morgan fingerprint density at radius 2 is 2.12 bits per heavy atom. The number of nitrogen functional groups attached to an aromatic ring is 1. The van der Waals surface area contributed by atoms with E-state index in [0.29, 0.717) is 29.0 Å². The van der Waals surface area contributed by atoms with Gasteiger partial charge in [-0.3, -0.25) is 9.89 Å². The second-order valence-electron chi connectivity index (χ2n) is 6.04. The summed E-state index contributed by atoms with van der Waals surface area (Å²) in [6.07, 6.45) is 3.14. The molecule has 0 bridgehead atoms. The number of anilines is 1. The lowest BCUT2D eigenvalue weighted by atomic mass is 9.85. The van der Waals surface area contributed by atoms with E-state index in [1.54, 1.807) is 18.3 Å². The lowest BCUT2D eigenvalue weighted by molar-refractivity contribution is -0.131. The Morgan fingerprint density at radius 3 is 2.88 bits per heavy atom. The number of hydrogen-bond acceptors (Lipinski definition) is 6. The van der Waals surface area contributed by atoms with E-state index in [1.807, 2.05) is 12.1 Å². The van der Waals surface area contributed by atoms with Crippen molar-refractivity contribution in [2.24, 2.45) is 0 Å². The third-order valence-corrected chi connectivity index (χ3v) is 4.45. The molecule has 2 heterocycles. The number of pyridine rings is 1. The number of esters is 1. The second-order valence-corrected chi connectivity index (χ2v) is 6.04. The molecule has 128 valence electrons. The van der Waals surface area contributed by atoms with Crippen molar-refractivity contribution < 1.29 is 9.53 Å². The van der Waals surface area contributed by atoms with Gasteiger partial charge in [-0.2, -0.15) is 10.4 Å². The molecule has 0 radical (unpaired) electrons. The van der Waals surface area contributed by atoms with Gasteiger partial charge in [0.1, 0.15) is 23.2 Å². The normalized spacial score (nSPS) is 12.0. The highest BCUT2D eigenvalue weighted by atomic mass is 16.5. The average Bonchev–Trinajstić information content (AvgIpc) is 3.10. The van der Waals surface area contributed by atoms with Crippen molar-refractivity contribution in [2.75, 3.05) is 5.73 Å². The Kier molecular flexibility index (Phi) is 3.66. The van der Waals surface area contributed by atoms with Gasteiger partial charge in [-0.1, -0.05) is 18.2 Å². The first kappa shape index (κ1) is 15.8. The Bertz CT molecular complexity index is 1080. The second kappa shape index (κ2) is 6.01. The van der Waals surface area contributed by atoms with Gasteiger partial charge >= 0.3 is 5.97 Å². The summed E-state index contributed by atoms with van der Waals surface area (Å²) < 4.78 is 5.36. The topological polar surface area (TPSA) is 118 Å². The minimum Gasteiger partial charge on any atom is -0.426 e. The van der Waals surface area contributed by atoms with Crippen molar-refractivity contribution >= 4 is 11.8 Å². The third kappa shape index (κ3) is 2.40. The van der Waals surface area contributed by atoms with Gasteiger partial charge < -0.3 is 10.5 Å². The summed E-state index contributed by atoms with van der Waals surface area (Å²) in [5.74, 6) is 0.110. The molecule has 1 aromatic carbocycles. The molecule has 26 heavy (non-hydrogen) atoms. The standard InChI is InChI=1S/C19H15N5O2/c1-10(25)26-16-5-3-2-4-11(16)17-12-6-7-15-14(9-22-24-15)18(12)23-19(21)13(17)8-20/h2-5,9H,6-7H2,1H3,(H2,21,23)(H,22,24). The number of aryl methyl sites for hydroxylation is 1. The monoisotopic (exact) mass is 345 g/mol. The maximum atomic E-state index is 11.5.